The van der Waals surface area contributed by atoms with Crippen LogP contribution in [0.2, 0.25) is 0 Å². The molecular weight excluding hydrogens is 500 g/mol. The molecule has 3 aromatic rings. The molecular formula is C29H26N4O6. The maximum Gasteiger partial charge on any atom is 0.338 e. The number of hydrogen-bond acceptors (Lipinski definition) is 8. The van der Waals surface area contributed by atoms with Gasteiger partial charge in [-0.2, -0.15) is 0 Å². The van der Waals surface area contributed by atoms with Crippen LogP contribution in [-0.2, 0) is 14.2 Å². The molecule has 2 saturated heterocycles. The van der Waals surface area contributed by atoms with E-state index in [0.29, 0.717) is 29.7 Å². The summed E-state index contributed by atoms with van der Waals surface area (Å²) in [6, 6.07) is 23.9. The lowest BCUT2D eigenvalue weighted by molar-refractivity contribution is -0.0961. The van der Waals surface area contributed by atoms with Gasteiger partial charge in [0.25, 0.3) is 0 Å². The van der Waals surface area contributed by atoms with E-state index in [1.54, 1.807) is 91.0 Å². The van der Waals surface area contributed by atoms with Gasteiger partial charge in [0.1, 0.15) is 6.10 Å². The van der Waals surface area contributed by atoms with E-state index in [1.807, 2.05) is 4.90 Å². The van der Waals surface area contributed by atoms with Crippen molar-refractivity contribution in [3.8, 4) is 0 Å². The van der Waals surface area contributed by atoms with Gasteiger partial charge in [0, 0.05) is 18.0 Å². The number of nitrogens with zero attached hydrogens (tertiary/aromatic N) is 4. The first kappa shape index (κ1) is 26.0. The molecule has 0 bridgehead atoms. The lowest BCUT2D eigenvalue weighted by Crippen LogP contribution is -2.63. The summed E-state index contributed by atoms with van der Waals surface area (Å²) in [5.74, 6) is -1.74. The molecule has 0 radical (unpaired) electrons. The third kappa shape index (κ3) is 5.77. The van der Waals surface area contributed by atoms with Crippen molar-refractivity contribution in [1.29, 1.82) is 0 Å². The fourth-order valence-corrected chi connectivity index (χ4v) is 5.14. The first-order chi connectivity index (χ1) is 19.0. The zero-order chi connectivity index (χ0) is 27.2. The summed E-state index contributed by atoms with van der Waals surface area (Å²) in [6.07, 6.45) is -2.20. The summed E-state index contributed by atoms with van der Waals surface area (Å²) in [6.45, 7) is 0.709. The highest BCUT2D eigenvalue weighted by atomic mass is 16.6. The Labute approximate surface area is 224 Å². The lowest BCUT2D eigenvalue weighted by atomic mass is 9.90. The number of hydrogen-bond donors (Lipinski definition) is 0. The largest absolute Gasteiger partial charge is 0.457 e. The molecule has 0 N–H and O–H groups in total. The van der Waals surface area contributed by atoms with Crippen molar-refractivity contribution in [2.45, 2.75) is 36.8 Å². The number of azide groups is 1. The van der Waals surface area contributed by atoms with E-state index in [4.69, 9.17) is 14.2 Å². The summed E-state index contributed by atoms with van der Waals surface area (Å²) in [4.78, 5) is 43.9. The average Bonchev–Trinajstić information content (AvgIpc) is 3.37. The zero-order valence-corrected chi connectivity index (χ0v) is 20.9. The van der Waals surface area contributed by atoms with Gasteiger partial charge in [-0.15, -0.1) is 0 Å². The Kier molecular flexibility index (Phi) is 7.86. The number of ether oxygens (including phenoxy) is 3. The SMILES string of the molecule is [N-]=[N+]=N[C@H]1[C@H](OC(=O)c2ccccc2)[C@@H](OC(=O)c2ccccc2)CN2CC[C@H](OC(=O)c3ccccc3)[C@H]12. The van der Waals surface area contributed by atoms with Crippen LogP contribution in [0.15, 0.2) is 96.1 Å². The average molecular weight is 527 g/mol. The third-order valence-electron chi connectivity index (χ3n) is 6.94. The van der Waals surface area contributed by atoms with Crippen LogP contribution in [0.4, 0.5) is 0 Å². The zero-order valence-electron chi connectivity index (χ0n) is 20.9. The van der Waals surface area contributed by atoms with E-state index >= 15 is 0 Å². The van der Waals surface area contributed by atoms with E-state index in [1.165, 1.54) is 0 Å². The summed E-state index contributed by atoms with van der Waals surface area (Å²) in [5, 5.41) is 3.99. The molecule has 39 heavy (non-hydrogen) atoms. The highest BCUT2D eigenvalue weighted by Gasteiger charge is 2.53. The minimum absolute atomic E-state index is 0.201. The third-order valence-corrected chi connectivity index (χ3v) is 6.94. The second kappa shape index (κ2) is 11.8. The fraction of sp³-hybridized carbons (Fsp3) is 0.276. The van der Waals surface area contributed by atoms with Crippen LogP contribution in [0.1, 0.15) is 37.5 Å². The number of rotatable bonds is 7. The van der Waals surface area contributed by atoms with Crippen LogP contribution in [0, 0.1) is 0 Å². The Balaban J connectivity index is 1.44. The molecule has 2 fully saturated rings. The second-order valence-electron chi connectivity index (χ2n) is 9.33. The van der Waals surface area contributed by atoms with E-state index in [2.05, 4.69) is 10.0 Å². The van der Waals surface area contributed by atoms with Gasteiger partial charge in [0.15, 0.2) is 12.2 Å². The maximum atomic E-state index is 13.1. The smallest absolute Gasteiger partial charge is 0.338 e. The highest BCUT2D eigenvalue weighted by Crippen LogP contribution is 2.35. The van der Waals surface area contributed by atoms with Gasteiger partial charge in [-0.25, -0.2) is 14.4 Å². The number of carbonyl (C=O) groups is 3. The van der Waals surface area contributed by atoms with Gasteiger partial charge in [0.05, 0.1) is 28.8 Å². The summed E-state index contributed by atoms with van der Waals surface area (Å²) in [5.41, 5.74) is 10.5. The van der Waals surface area contributed by atoms with E-state index < -0.39 is 48.3 Å². The monoisotopic (exact) mass is 526 g/mol. The molecule has 0 amide bonds. The molecule has 2 aliphatic heterocycles. The molecule has 2 aliphatic rings. The molecule has 10 heteroatoms. The van der Waals surface area contributed by atoms with Gasteiger partial charge < -0.3 is 14.2 Å². The highest BCUT2D eigenvalue weighted by molar-refractivity contribution is 5.91. The van der Waals surface area contributed by atoms with Crippen LogP contribution in [0.3, 0.4) is 0 Å². The summed E-state index contributed by atoms with van der Waals surface area (Å²) in [7, 11) is 0. The molecule has 10 nitrogen and oxygen atoms in total. The van der Waals surface area contributed by atoms with Crippen LogP contribution in [0.5, 0.6) is 0 Å². The molecule has 2 heterocycles. The fourth-order valence-electron chi connectivity index (χ4n) is 5.14. The van der Waals surface area contributed by atoms with Crippen LogP contribution in [0.25, 0.3) is 10.4 Å². The van der Waals surface area contributed by atoms with Crippen molar-refractivity contribution >= 4 is 17.9 Å². The Morgan fingerprint density at radius 2 is 1.18 bits per heavy atom. The number of piperidine rings is 1. The van der Waals surface area contributed by atoms with Crippen molar-refractivity contribution in [2.75, 3.05) is 13.1 Å². The second-order valence-corrected chi connectivity index (χ2v) is 9.33. The van der Waals surface area contributed by atoms with Crippen molar-refractivity contribution in [1.82, 2.24) is 4.90 Å². The summed E-state index contributed by atoms with van der Waals surface area (Å²) < 4.78 is 17.6. The number of fused-ring (bicyclic) bond motifs is 1. The molecule has 0 unspecified atom stereocenters. The molecule has 3 aromatic carbocycles. The van der Waals surface area contributed by atoms with Gasteiger partial charge in [-0.05, 0) is 48.4 Å². The molecule has 0 aromatic heterocycles. The Hall–Kier alpha value is -4.66. The van der Waals surface area contributed by atoms with E-state index in [-0.39, 0.29) is 6.54 Å². The van der Waals surface area contributed by atoms with Crippen LogP contribution >= 0.6 is 0 Å². The van der Waals surface area contributed by atoms with E-state index in [9.17, 15) is 19.9 Å². The predicted octanol–water partition coefficient (Wildman–Crippen LogP) is 4.43. The topological polar surface area (TPSA) is 131 Å². The van der Waals surface area contributed by atoms with Gasteiger partial charge in [-0.3, -0.25) is 4.90 Å². The molecule has 5 atom stereocenters. The lowest BCUT2D eigenvalue weighted by Gasteiger charge is -2.44. The quantitative estimate of drug-likeness (QED) is 0.146. The van der Waals surface area contributed by atoms with Gasteiger partial charge >= 0.3 is 17.9 Å². The first-order valence-corrected chi connectivity index (χ1v) is 12.6. The first-order valence-electron chi connectivity index (χ1n) is 12.6. The molecule has 198 valence electrons. The van der Waals surface area contributed by atoms with Crippen molar-refractivity contribution in [2.24, 2.45) is 5.11 Å². The predicted molar refractivity (Wildman–Crippen MR) is 140 cm³/mol. The Bertz CT molecular complexity index is 1360. The minimum Gasteiger partial charge on any atom is -0.457 e. The molecule has 0 aliphatic carbocycles. The Morgan fingerprint density at radius 3 is 1.67 bits per heavy atom. The summed E-state index contributed by atoms with van der Waals surface area (Å²) >= 11 is 0. The standard InChI is InChI=1S/C29H26N4O6/c30-32-31-24-25-22(37-27(34)19-10-4-1-5-11-19)16-17-33(25)18-23(38-28(35)20-12-6-2-7-13-20)26(24)39-29(36)21-14-8-3-9-15-21/h1-15,22-26H,16-18H2/t22-,23-,24+,25+,26+/m0/s1. The normalized spacial score (nSPS) is 24.1. The van der Waals surface area contributed by atoms with Crippen molar-refractivity contribution in [3.05, 3.63) is 118 Å². The maximum absolute atomic E-state index is 13.1. The van der Waals surface area contributed by atoms with Gasteiger partial charge in [-0.1, -0.05) is 59.7 Å². The number of benzene rings is 3. The van der Waals surface area contributed by atoms with E-state index in [0.717, 1.165) is 0 Å². The van der Waals surface area contributed by atoms with Crippen molar-refractivity contribution in [3.63, 3.8) is 0 Å². The van der Waals surface area contributed by atoms with Gasteiger partial charge in [0.2, 0.25) is 0 Å². The van der Waals surface area contributed by atoms with Crippen LogP contribution in [-0.4, -0.2) is 66.3 Å². The number of esters is 3. The van der Waals surface area contributed by atoms with Crippen LogP contribution < -0.4 is 0 Å². The minimum atomic E-state index is -1.11. The number of carbonyl (C=O) groups excluding carboxylic acids is 3. The molecule has 5 rings (SSSR count). The van der Waals surface area contributed by atoms with Crippen molar-refractivity contribution < 1.29 is 28.6 Å². The Morgan fingerprint density at radius 1 is 0.718 bits per heavy atom. The molecule has 0 saturated carbocycles. The molecule has 0 spiro atoms.